The van der Waals surface area contributed by atoms with Gasteiger partial charge in [0.25, 0.3) is 0 Å². The van der Waals surface area contributed by atoms with E-state index in [-0.39, 0.29) is 11.8 Å². The van der Waals surface area contributed by atoms with Crippen molar-refractivity contribution in [2.45, 2.75) is 6.92 Å². The molecule has 1 fully saturated rings. The van der Waals surface area contributed by atoms with E-state index in [1.807, 2.05) is 6.92 Å². The minimum Gasteiger partial charge on any atom is -0.493 e. The predicted molar refractivity (Wildman–Crippen MR) is 81.4 cm³/mol. The van der Waals surface area contributed by atoms with Crippen LogP contribution in [0.25, 0.3) is 0 Å². The van der Waals surface area contributed by atoms with Gasteiger partial charge < -0.3 is 20.1 Å². The van der Waals surface area contributed by atoms with E-state index in [9.17, 15) is 4.79 Å². The van der Waals surface area contributed by atoms with Crippen LogP contribution in [0.4, 0.5) is 5.69 Å². The highest BCUT2D eigenvalue weighted by atomic mass is 79.9. The van der Waals surface area contributed by atoms with Crippen molar-refractivity contribution in [3.05, 3.63) is 16.6 Å². The lowest BCUT2D eigenvalue weighted by atomic mass is 9.88. The fourth-order valence-electron chi connectivity index (χ4n) is 2.08. The topological polar surface area (TPSA) is 59.6 Å². The summed E-state index contributed by atoms with van der Waals surface area (Å²) in [6.07, 6.45) is 0. The Kier molecular flexibility index (Phi) is 4.88. The Labute approximate surface area is 127 Å². The molecule has 1 amide bonds. The molecule has 1 aliphatic heterocycles. The van der Waals surface area contributed by atoms with Crippen molar-refractivity contribution in [2.75, 3.05) is 32.6 Å². The molecule has 2 rings (SSSR count). The van der Waals surface area contributed by atoms with E-state index in [4.69, 9.17) is 9.47 Å². The number of nitrogens with one attached hydrogen (secondary N) is 2. The maximum Gasteiger partial charge on any atom is 0.227 e. The smallest absolute Gasteiger partial charge is 0.227 e. The number of rotatable bonds is 5. The molecule has 0 radical (unpaired) electrons. The van der Waals surface area contributed by atoms with Crippen molar-refractivity contribution < 1.29 is 14.3 Å². The van der Waals surface area contributed by atoms with Crippen LogP contribution in [0.3, 0.4) is 0 Å². The third-order valence-electron chi connectivity index (χ3n) is 3.66. The standard InChI is InChI=1S/C14H19BrN2O3/c1-8(9-6-16-7-9)14(18)17-11-5-13(20-3)12(19-2)4-10(11)15/h4-5,8-9,16H,6-7H2,1-3H3,(H,17,18). The molecule has 20 heavy (non-hydrogen) atoms. The van der Waals surface area contributed by atoms with Crippen LogP contribution in [0, 0.1) is 11.8 Å². The first kappa shape index (κ1) is 15.1. The van der Waals surface area contributed by atoms with E-state index in [0.29, 0.717) is 23.1 Å². The van der Waals surface area contributed by atoms with Crippen molar-refractivity contribution in [3.8, 4) is 11.5 Å². The van der Waals surface area contributed by atoms with Crippen LogP contribution in [0.2, 0.25) is 0 Å². The number of carbonyl (C=O) groups is 1. The van der Waals surface area contributed by atoms with Crippen molar-refractivity contribution in [3.63, 3.8) is 0 Å². The van der Waals surface area contributed by atoms with Gasteiger partial charge in [-0.2, -0.15) is 0 Å². The Morgan fingerprint density at radius 1 is 1.35 bits per heavy atom. The van der Waals surface area contributed by atoms with Gasteiger partial charge in [-0.15, -0.1) is 0 Å². The summed E-state index contributed by atoms with van der Waals surface area (Å²) in [5, 5.41) is 6.12. The number of ether oxygens (including phenoxy) is 2. The lowest BCUT2D eigenvalue weighted by Crippen LogP contribution is -2.48. The zero-order chi connectivity index (χ0) is 14.7. The molecule has 0 aliphatic carbocycles. The highest BCUT2D eigenvalue weighted by Crippen LogP contribution is 2.36. The molecule has 0 bridgehead atoms. The molecule has 1 unspecified atom stereocenters. The number of hydrogen-bond donors (Lipinski definition) is 2. The summed E-state index contributed by atoms with van der Waals surface area (Å²) in [6.45, 7) is 3.76. The molecule has 1 heterocycles. The molecule has 0 aromatic heterocycles. The van der Waals surface area contributed by atoms with Gasteiger partial charge in [0, 0.05) is 22.5 Å². The molecule has 0 saturated carbocycles. The van der Waals surface area contributed by atoms with E-state index in [1.165, 1.54) is 0 Å². The van der Waals surface area contributed by atoms with Crippen LogP contribution < -0.4 is 20.1 Å². The molecular weight excluding hydrogens is 324 g/mol. The Morgan fingerprint density at radius 2 is 1.95 bits per heavy atom. The number of anilines is 1. The van der Waals surface area contributed by atoms with Gasteiger partial charge in [-0.1, -0.05) is 6.92 Å². The van der Waals surface area contributed by atoms with Crippen LogP contribution >= 0.6 is 15.9 Å². The molecule has 5 nitrogen and oxygen atoms in total. The molecule has 0 spiro atoms. The quantitative estimate of drug-likeness (QED) is 0.861. The highest BCUT2D eigenvalue weighted by molar-refractivity contribution is 9.10. The van der Waals surface area contributed by atoms with Crippen molar-refractivity contribution in [2.24, 2.45) is 11.8 Å². The van der Waals surface area contributed by atoms with Crippen molar-refractivity contribution in [1.29, 1.82) is 0 Å². The maximum atomic E-state index is 12.2. The first-order valence-corrected chi connectivity index (χ1v) is 7.29. The molecule has 6 heteroatoms. The van der Waals surface area contributed by atoms with Gasteiger partial charge in [0.15, 0.2) is 11.5 Å². The lowest BCUT2D eigenvalue weighted by molar-refractivity contribution is -0.121. The van der Waals surface area contributed by atoms with Gasteiger partial charge in [-0.25, -0.2) is 0 Å². The van der Waals surface area contributed by atoms with Gasteiger partial charge in [0.2, 0.25) is 5.91 Å². The van der Waals surface area contributed by atoms with Gasteiger partial charge in [0.05, 0.1) is 19.9 Å². The normalized spacial score (nSPS) is 16.2. The molecule has 2 N–H and O–H groups in total. The third kappa shape index (κ3) is 3.07. The van der Waals surface area contributed by atoms with Crippen molar-refractivity contribution >= 4 is 27.5 Å². The number of hydrogen-bond acceptors (Lipinski definition) is 4. The summed E-state index contributed by atoms with van der Waals surface area (Å²) >= 11 is 3.43. The Hall–Kier alpha value is -1.27. The average molecular weight is 343 g/mol. The fraction of sp³-hybridized carbons (Fsp3) is 0.500. The summed E-state index contributed by atoms with van der Waals surface area (Å²) in [5.41, 5.74) is 0.687. The minimum atomic E-state index is -0.0174. The summed E-state index contributed by atoms with van der Waals surface area (Å²) in [5.74, 6) is 1.62. The average Bonchev–Trinajstić information content (AvgIpc) is 2.38. The minimum absolute atomic E-state index is 0.0174. The fourth-order valence-corrected chi connectivity index (χ4v) is 2.50. The first-order chi connectivity index (χ1) is 9.56. The molecule has 1 aromatic carbocycles. The van der Waals surface area contributed by atoms with Crippen molar-refractivity contribution in [1.82, 2.24) is 5.32 Å². The van der Waals surface area contributed by atoms with E-state index < -0.39 is 0 Å². The summed E-state index contributed by atoms with van der Waals surface area (Å²) in [7, 11) is 3.15. The molecule has 110 valence electrons. The van der Waals surface area contributed by atoms with Crippen LogP contribution in [-0.2, 0) is 4.79 Å². The third-order valence-corrected chi connectivity index (χ3v) is 4.32. The molecule has 1 atom stereocenters. The monoisotopic (exact) mass is 342 g/mol. The number of amides is 1. The van der Waals surface area contributed by atoms with E-state index in [0.717, 1.165) is 17.6 Å². The second-order valence-electron chi connectivity index (χ2n) is 4.88. The summed E-state index contributed by atoms with van der Waals surface area (Å²) in [6, 6.07) is 3.54. The van der Waals surface area contributed by atoms with Crippen LogP contribution in [0.1, 0.15) is 6.92 Å². The largest absolute Gasteiger partial charge is 0.493 e. The zero-order valence-corrected chi connectivity index (χ0v) is 13.4. The van der Waals surface area contributed by atoms with Gasteiger partial charge in [0.1, 0.15) is 0 Å². The Morgan fingerprint density at radius 3 is 2.45 bits per heavy atom. The molecule has 1 saturated heterocycles. The predicted octanol–water partition coefficient (Wildman–Crippen LogP) is 2.26. The number of halogens is 1. The maximum absolute atomic E-state index is 12.2. The SMILES string of the molecule is COc1cc(Br)c(NC(=O)C(C)C2CNC2)cc1OC. The Bertz CT molecular complexity index is 503. The second-order valence-corrected chi connectivity index (χ2v) is 5.74. The summed E-state index contributed by atoms with van der Waals surface area (Å²) < 4.78 is 11.2. The molecular formula is C14H19BrN2O3. The Balaban J connectivity index is 2.13. The number of methoxy groups -OCH3 is 2. The van der Waals surface area contributed by atoms with Crippen LogP contribution in [0.15, 0.2) is 16.6 Å². The number of carbonyl (C=O) groups excluding carboxylic acids is 1. The van der Waals surface area contributed by atoms with E-state index >= 15 is 0 Å². The van der Waals surface area contributed by atoms with Gasteiger partial charge >= 0.3 is 0 Å². The van der Waals surface area contributed by atoms with E-state index in [2.05, 4.69) is 26.6 Å². The molecule has 1 aromatic rings. The zero-order valence-electron chi connectivity index (χ0n) is 11.8. The van der Waals surface area contributed by atoms with Crippen LogP contribution in [0.5, 0.6) is 11.5 Å². The summed E-state index contributed by atoms with van der Waals surface area (Å²) in [4.78, 5) is 12.2. The number of benzene rings is 1. The van der Waals surface area contributed by atoms with Gasteiger partial charge in [-0.3, -0.25) is 4.79 Å². The lowest BCUT2D eigenvalue weighted by Gasteiger charge is -2.31. The second kappa shape index (κ2) is 6.45. The van der Waals surface area contributed by atoms with Crippen LogP contribution in [-0.4, -0.2) is 33.2 Å². The van der Waals surface area contributed by atoms with Gasteiger partial charge in [-0.05, 0) is 34.9 Å². The highest BCUT2D eigenvalue weighted by Gasteiger charge is 2.29. The van der Waals surface area contributed by atoms with E-state index in [1.54, 1.807) is 26.4 Å². The first-order valence-electron chi connectivity index (χ1n) is 6.50. The molecule has 1 aliphatic rings.